The van der Waals surface area contributed by atoms with Gasteiger partial charge in [-0.05, 0) is 58.2 Å². The fourth-order valence-electron chi connectivity index (χ4n) is 4.86. The van der Waals surface area contributed by atoms with Crippen LogP contribution in [0.2, 0.25) is 0 Å². The molecule has 0 spiro atoms. The maximum atomic E-state index is 2.38. The van der Waals surface area contributed by atoms with Crippen LogP contribution in [-0.2, 0) is 0 Å². The summed E-state index contributed by atoms with van der Waals surface area (Å²) in [6, 6.07) is 0. The molecule has 0 aromatic carbocycles. The van der Waals surface area contributed by atoms with Crippen LogP contribution < -0.4 is 0 Å². The van der Waals surface area contributed by atoms with Gasteiger partial charge in [-0.1, -0.05) is 83.1 Å². The Morgan fingerprint density at radius 3 is 0.864 bits per heavy atom. The van der Waals surface area contributed by atoms with Gasteiger partial charge in [-0.3, -0.25) is 0 Å². The van der Waals surface area contributed by atoms with Crippen molar-refractivity contribution < 1.29 is 0 Å². The summed E-state index contributed by atoms with van der Waals surface area (Å²) >= 11 is 0. The van der Waals surface area contributed by atoms with E-state index in [9.17, 15) is 0 Å². The molecular formula is C22H44. The summed E-state index contributed by atoms with van der Waals surface area (Å²) in [6.45, 7) is 28.5. The highest BCUT2D eigenvalue weighted by Gasteiger charge is 2.58. The van der Waals surface area contributed by atoms with Crippen molar-refractivity contribution >= 4 is 0 Å². The highest BCUT2D eigenvalue weighted by atomic mass is 14.6. The van der Waals surface area contributed by atoms with Crippen molar-refractivity contribution in [1.82, 2.24) is 0 Å². The monoisotopic (exact) mass is 308 g/mol. The van der Waals surface area contributed by atoms with Gasteiger partial charge in [0.05, 0.1) is 0 Å². The highest BCUT2D eigenvalue weighted by Crippen LogP contribution is 2.67. The van der Waals surface area contributed by atoms with Crippen LogP contribution >= 0.6 is 0 Å². The van der Waals surface area contributed by atoms with Crippen molar-refractivity contribution in [2.24, 2.45) is 38.9 Å². The zero-order valence-electron chi connectivity index (χ0n) is 17.8. The zero-order chi connectivity index (χ0) is 17.8. The second-order valence-corrected chi connectivity index (χ2v) is 12.3. The van der Waals surface area contributed by atoms with E-state index in [0.29, 0.717) is 27.1 Å². The standard InChI is InChI=1S/2C11H22/c1-10(2,3)8-7-9(8)11(4,5)6;1-9(2,3)11(7-8-11)10(4,5)6/h8-9H,7H2,1-6H3;7-8H2,1-6H3. The van der Waals surface area contributed by atoms with Crippen molar-refractivity contribution in [2.45, 2.75) is 102 Å². The van der Waals surface area contributed by atoms with Crippen molar-refractivity contribution in [3.8, 4) is 0 Å². The van der Waals surface area contributed by atoms with Crippen molar-refractivity contribution in [1.29, 1.82) is 0 Å². The molecule has 0 saturated heterocycles. The van der Waals surface area contributed by atoms with Crippen molar-refractivity contribution in [2.75, 3.05) is 0 Å². The molecule has 0 aromatic rings. The minimum atomic E-state index is 0.491. The number of hydrogen-bond donors (Lipinski definition) is 0. The molecule has 2 aliphatic carbocycles. The van der Waals surface area contributed by atoms with E-state index in [1.54, 1.807) is 0 Å². The summed E-state index contributed by atoms with van der Waals surface area (Å²) in [4.78, 5) is 0. The minimum Gasteiger partial charge on any atom is -0.0599 e. The predicted molar refractivity (Wildman–Crippen MR) is 101 cm³/mol. The maximum absolute atomic E-state index is 2.38. The lowest BCUT2D eigenvalue weighted by Gasteiger charge is -2.41. The van der Waals surface area contributed by atoms with E-state index in [4.69, 9.17) is 0 Å². The third kappa shape index (κ3) is 4.30. The summed E-state index contributed by atoms with van der Waals surface area (Å²) in [7, 11) is 0. The fourth-order valence-corrected chi connectivity index (χ4v) is 4.86. The average molecular weight is 309 g/mol. The Morgan fingerprint density at radius 2 is 0.818 bits per heavy atom. The van der Waals surface area contributed by atoms with E-state index < -0.39 is 0 Å². The number of rotatable bonds is 0. The van der Waals surface area contributed by atoms with Crippen LogP contribution in [0.4, 0.5) is 0 Å². The summed E-state index contributed by atoms with van der Waals surface area (Å²) < 4.78 is 0. The van der Waals surface area contributed by atoms with Crippen LogP contribution in [0, 0.1) is 38.9 Å². The van der Waals surface area contributed by atoms with Gasteiger partial charge in [0.1, 0.15) is 0 Å². The quantitative estimate of drug-likeness (QED) is 0.433. The first-order valence-electron chi connectivity index (χ1n) is 9.43. The molecule has 0 aromatic heterocycles. The van der Waals surface area contributed by atoms with Crippen LogP contribution in [0.5, 0.6) is 0 Å². The van der Waals surface area contributed by atoms with Gasteiger partial charge in [-0.25, -0.2) is 0 Å². The summed E-state index contributed by atoms with van der Waals surface area (Å²) in [5.74, 6) is 1.95. The second-order valence-electron chi connectivity index (χ2n) is 12.3. The molecule has 2 aliphatic rings. The van der Waals surface area contributed by atoms with Gasteiger partial charge in [0, 0.05) is 0 Å². The smallest absolute Gasteiger partial charge is 0.0200 e. The highest BCUT2D eigenvalue weighted by molar-refractivity contribution is 5.08. The molecule has 0 heteroatoms. The minimum absolute atomic E-state index is 0.491. The van der Waals surface area contributed by atoms with Gasteiger partial charge in [0.2, 0.25) is 0 Å². The largest absolute Gasteiger partial charge is 0.0599 e. The predicted octanol–water partition coefficient (Wildman–Crippen LogP) is 7.57. The van der Waals surface area contributed by atoms with E-state index >= 15 is 0 Å². The Hall–Kier alpha value is 0. The second kappa shape index (κ2) is 5.52. The van der Waals surface area contributed by atoms with E-state index in [2.05, 4.69) is 83.1 Å². The lowest BCUT2D eigenvalue weighted by molar-refractivity contribution is 0.0745. The molecular weight excluding hydrogens is 264 g/mol. The van der Waals surface area contributed by atoms with Crippen LogP contribution in [0.3, 0.4) is 0 Å². The van der Waals surface area contributed by atoms with E-state index in [0.717, 1.165) is 11.8 Å². The third-order valence-corrected chi connectivity index (χ3v) is 6.64. The summed E-state index contributed by atoms with van der Waals surface area (Å²) in [5, 5.41) is 0. The van der Waals surface area contributed by atoms with Gasteiger partial charge >= 0.3 is 0 Å². The van der Waals surface area contributed by atoms with Crippen LogP contribution in [0.15, 0.2) is 0 Å². The van der Waals surface area contributed by atoms with Gasteiger partial charge in [-0.15, -0.1) is 0 Å². The Kier molecular flexibility index (Phi) is 5.03. The topological polar surface area (TPSA) is 0 Å². The van der Waals surface area contributed by atoms with Gasteiger partial charge in [0.25, 0.3) is 0 Å². The van der Waals surface area contributed by atoms with Gasteiger partial charge in [0.15, 0.2) is 0 Å². The Morgan fingerprint density at radius 1 is 0.545 bits per heavy atom. The Bertz CT molecular complexity index is 334. The summed E-state index contributed by atoms with van der Waals surface area (Å²) in [5.41, 5.74) is 2.69. The van der Waals surface area contributed by atoms with Gasteiger partial charge in [-0.2, -0.15) is 0 Å². The molecule has 2 atom stereocenters. The van der Waals surface area contributed by atoms with Crippen LogP contribution in [0.1, 0.15) is 102 Å². The maximum Gasteiger partial charge on any atom is -0.0200 e. The molecule has 0 bridgehead atoms. The summed E-state index contributed by atoms with van der Waals surface area (Å²) in [6.07, 6.45) is 4.31. The zero-order valence-corrected chi connectivity index (χ0v) is 17.8. The van der Waals surface area contributed by atoms with Crippen LogP contribution in [0.25, 0.3) is 0 Å². The Balaban J connectivity index is 0.000000220. The van der Waals surface area contributed by atoms with Crippen molar-refractivity contribution in [3.05, 3.63) is 0 Å². The molecule has 132 valence electrons. The lowest BCUT2D eigenvalue weighted by atomic mass is 9.63. The molecule has 2 saturated carbocycles. The molecule has 0 N–H and O–H groups in total. The SMILES string of the molecule is CC(C)(C)C1(C(C)(C)C)CC1.CC(C)(C)C1CC1C(C)(C)C. The number of hydrogen-bond acceptors (Lipinski definition) is 0. The molecule has 2 fully saturated rings. The molecule has 0 nitrogen and oxygen atoms in total. The first kappa shape index (κ1) is 20.0. The molecule has 0 amide bonds. The van der Waals surface area contributed by atoms with E-state index in [1.165, 1.54) is 19.3 Å². The molecule has 0 heterocycles. The third-order valence-electron chi connectivity index (χ3n) is 6.64. The van der Waals surface area contributed by atoms with Gasteiger partial charge < -0.3 is 0 Å². The van der Waals surface area contributed by atoms with E-state index in [-0.39, 0.29) is 0 Å². The normalized spacial score (nSPS) is 27.8. The van der Waals surface area contributed by atoms with Crippen molar-refractivity contribution in [3.63, 3.8) is 0 Å². The molecule has 22 heavy (non-hydrogen) atoms. The van der Waals surface area contributed by atoms with E-state index in [1.807, 2.05) is 0 Å². The molecule has 2 unspecified atom stereocenters. The Labute approximate surface area is 141 Å². The molecule has 0 aliphatic heterocycles. The fraction of sp³-hybridized carbons (Fsp3) is 1.00. The lowest BCUT2D eigenvalue weighted by Crippen LogP contribution is -2.34. The van der Waals surface area contributed by atoms with Crippen LogP contribution in [-0.4, -0.2) is 0 Å². The first-order chi connectivity index (χ1) is 9.43. The average Bonchev–Trinajstić information content (AvgIpc) is 3.07. The molecule has 2 rings (SSSR count). The molecule has 0 radical (unpaired) electrons. The first-order valence-corrected chi connectivity index (χ1v) is 9.43.